The topological polar surface area (TPSA) is 72.7 Å². The number of nitrogens with zero attached hydrogens (tertiary/aromatic N) is 4. The fourth-order valence-electron chi connectivity index (χ4n) is 5.01. The van der Waals surface area contributed by atoms with Crippen molar-refractivity contribution >= 4 is 5.91 Å². The van der Waals surface area contributed by atoms with E-state index in [0.29, 0.717) is 37.2 Å². The van der Waals surface area contributed by atoms with Crippen molar-refractivity contribution < 1.29 is 18.0 Å². The van der Waals surface area contributed by atoms with Gasteiger partial charge in [0.05, 0.1) is 11.7 Å². The second-order valence-corrected chi connectivity index (χ2v) is 9.56. The van der Waals surface area contributed by atoms with Crippen molar-refractivity contribution in [3.63, 3.8) is 0 Å². The Morgan fingerprint density at radius 2 is 1.76 bits per heavy atom. The molecule has 1 unspecified atom stereocenters. The molecule has 38 heavy (non-hydrogen) atoms. The number of aryl methyl sites for hydroxylation is 1. The van der Waals surface area contributed by atoms with Gasteiger partial charge in [0, 0.05) is 23.0 Å². The van der Waals surface area contributed by atoms with E-state index in [2.05, 4.69) is 15.4 Å². The van der Waals surface area contributed by atoms with E-state index in [1.54, 1.807) is 6.20 Å². The van der Waals surface area contributed by atoms with E-state index in [0.717, 1.165) is 28.8 Å². The molecule has 1 atom stereocenters. The summed E-state index contributed by atoms with van der Waals surface area (Å²) in [5, 5.41) is 6.80. The molecule has 0 bridgehead atoms. The summed E-state index contributed by atoms with van der Waals surface area (Å²) in [5.74, 6) is -0.0122. The lowest BCUT2D eigenvalue weighted by Crippen LogP contribution is -2.34. The highest BCUT2D eigenvalue weighted by Gasteiger charge is 2.39. The van der Waals surface area contributed by atoms with Crippen LogP contribution in [0.3, 0.4) is 0 Å². The highest BCUT2D eigenvalue weighted by molar-refractivity contribution is 5.76. The fourth-order valence-corrected chi connectivity index (χ4v) is 5.01. The summed E-state index contributed by atoms with van der Waals surface area (Å²) >= 11 is 0. The summed E-state index contributed by atoms with van der Waals surface area (Å²) in [6.07, 6.45) is -0.219. The number of carbonyl (C=O) groups excluding carboxylic acids is 1. The molecule has 0 saturated carbocycles. The highest BCUT2D eigenvalue weighted by Crippen LogP contribution is 2.35. The van der Waals surface area contributed by atoms with Crippen molar-refractivity contribution in [3.8, 4) is 11.3 Å². The Morgan fingerprint density at radius 3 is 2.53 bits per heavy atom. The van der Waals surface area contributed by atoms with Crippen molar-refractivity contribution in [2.75, 3.05) is 0 Å². The van der Waals surface area contributed by atoms with E-state index in [1.165, 1.54) is 4.68 Å². The molecule has 0 saturated heterocycles. The molecule has 4 aromatic rings. The Labute approximate surface area is 219 Å². The molecule has 196 valence electrons. The van der Waals surface area contributed by atoms with Crippen LogP contribution in [0.4, 0.5) is 13.2 Å². The number of rotatable bonds is 7. The molecule has 0 aliphatic heterocycles. The van der Waals surface area contributed by atoms with Crippen molar-refractivity contribution in [2.45, 2.75) is 57.8 Å². The fraction of sp³-hybridized carbons (Fsp3) is 0.310. The molecule has 9 heteroatoms. The van der Waals surface area contributed by atoms with Gasteiger partial charge in [0.2, 0.25) is 5.91 Å². The van der Waals surface area contributed by atoms with Crippen LogP contribution in [0.2, 0.25) is 0 Å². The summed E-state index contributed by atoms with van der Waals surface area (Å²) < 4.78 is 42.1. The number of fused-ring (bicyclic) bond motifs is 1. The van der Waals surface area contributed by atoms with Gasteiger partial charge >= 0.3 is 6.18 Å². The Balaban J connectivity index is 1.43. The predicted octanol–water partition coefficient (Wildman–Crippen LogP) is 5.65. The average molecular weight is 520 g/mol. The first-order valence-electron chi connectivity index (χ1n) is 12.7. The monoisotopic (exact) mass is 519 g/mol. The van der Waals surface area contributed by atoms with Gasteiger partial charge in [-0.2, -0.15) is 18.3 Å². The molecule has 5 rings (SSSR count). The van der Waals surface area contributed by atoms with Crippen LogP contribution in [-0.4, -0.2) is 25.7 Å². The smallest absolute Gasteiger partial charge is 0.344 e. The lowest BCUT2D eigenvalue weighted by molar-refractivity contribution is -0.142. The minimum atomic E-state index is -4.55. The molecule has 1 aliphatic rings. The summed E-state index contributed by atoms with van der Waals surface area (Å²) in [5.41, 5.74) is 3.56. The van der Waals surface area contributed by atoms with E-state index >= 15 is 0 Å². The van der Waals surface area contributed by atoms with Gasteiger partial charge in [0.25, 0.3) is 0 Å². The number of hydrogen-bond donors (Lipinski definition) is 1. The van der Waals surface area contributed by atoms with Crippen molar-refractivity contribution in [2.24, 2.45) is 0 Å². The second-order valence-electron chi connectivity index (χ2n) is 9.56. The number of nitrogens with one attached hydrogen (secondary N) is 1. The van der Waals surface area contributed by atoms with Crippen LogP contribution in [0.5, 0.6) is 0 Å². The summed E-state index contributed by atoms with van der Waals surface area (Å²) in [4.78, 5) is 22.5. The zero-order chi connectivity index (χ0) is 26.7. The molecular formula is C29H28F3N5O. The Morgan fingerprint density at radius 1 is 1.03 bits per heavy atom. The maximum Gasteiger partial charge on any atom is 0.435 e. The van der Waals surface area contributed by atoms with E-state index in [1.807, 2.05) is 67.6 Å². The molecule has 0 spiro atoms. The summed E-state index contributed by atoms with van der Waals surface area (Å²) in [6, 6.07) is 18.7. The van der Waals surface area contributed by atoms with Crippen LogP contribution in [0.25, 0.3) is 11.3 Å². The molecule has 2 heterocycles. The standard InChI is InChI=1S/C29H28F3N5O/c1-19-9-5-6-12-21(19)23-15-16-33-28(35-23)24(17-20-10-3-2-4-11-20)34-26(38)18-37-25-14-8-7-13-22(25)27(36-37)29(30,31)32/h2-6,9-12,15-16,24H,7-8,13-14,17-18H2,1H3,(H,34,38). The number of hydrogen-bond acceptors (Lipinski definition) is 4. The SMILES string of the molecule is Cc1ccccc1-c1ccnc(C(Cc2ccccc2)NC(=O)Cn2nc(C(F)(F)F)c3c2CCCC3)n1. The number of alkyl halides is 3. The first-order valence-corrected chi connectivity index (χ1v) is 12.7. The van der Waals surface area contributed by atoms with E-state index in [4.69, 9.17) is 4.98 Å². The van der Waals surface area contributed by atoms with Gasteiger partial charge in [0.1, 0.15) is 6.54 Å². The van der Waals surface area contributed by atoms with Crippen LogP contribution in [0.1, 0.15) is 52.8 Å². The number of benzene rings is 2. The maximum atomic E-state index is 13.6. The number of halogens is 3. The lowest BCUT2D eigenvalue weighted by atomic mass is 9.95. The zero-order valence-electron chi connectivity index (χ0n) is 21.0. The number of carbonyl (C=O) groups is 1. The quantitative estimate of drug-likeness (QED) is 0.343. The normalized spacial score (nSPS) is 14.1. The predicted molar refractivity (Wildman–Crippen MR) is 137 cm³/mol. The number of amides is 1. The van der Waals surface area contributed by atoms with E-state index < -0.39 is 23.8 Å². The highest BCUT2D eigenvalue weighted by atomic mass is 19.4. The molecule has 6 nitrogen and oxygen atoms in total. The molecule has 1 amide bonds. The average Bonchev–Trinajstić information content (AvgIpc) is 3.28. The zero-order valence-corrected chi connectivity index (χ0v) is 21.0. The van der Waals surface area contributed by atoms with Crippen LogP contribution in [-0.2, 0) is 36.8 Å². The van der Waals surface area contributed by atoms with Gasteiger partial charge in [-0.05, 0) is 56.2 Å². The third-order valence-electron chi connectivity index (χ3n) is 6.84. The molecule has 2 aromatic carbocycles. The first-order chi connectivity index (χ1) is 18.3. The molecule has 2 aromatic heterocycles. The van der Waals surface area contributed by atoms with Gasteiger partial charge in [-0.15, -0.1) is 0 Å². The summed E-state index contributed by atoms with van der Waals surface area (Å²) in [6.45, 7) is 1.70. The third-order valence-corrected chi connectivity index (χ3v) is 6.84. The van der Waals surface area contributed by atoms with E-state index in [9.17, 15) is 18.0 Å². The minimum Gasteiger partial charge on any atom is -0.344 e. The first kappa shape index (κ1) is 25.6. The van der Waals surface area contributed by atoms with Crippen molar-refractivity contribution in [3.05, 3.63) is 101 Å². The van der Waals surface area contributed by atoms with Crippen molar-refractivity contribution in [1.29, 1.82) is 0 Å². The molecule has 1 aliphatic carbocycles. The number of aromatic nitrogens is 4. The van der Waals surface area contributed by atoms with Crippen molar-refractivity contribution in [1.82, 2.24) is 25.1 Å². The minimum absolute atomic E-state index is 0.214. The van der Waals surface area contributed by atoms with Gasteiger partial charge < -0.3 is 5.32 Å². The van der Waals surface area contributed by atoms with Crippen LogP contribution < -0.4 is 5.32 Å². The van der Waals surface area contributed by atoms with Gasteiger partial charge in [0.15, 0.2) is 11.5 Å². The summed E-state index contributed by atoms with van der Waals surface area (Å²) in [7, 11) is 0. The van der Waals surface area contributed by atoms with Crippen LogP contribution in [0, 0.1) is 6.92 Å². The Hall–Kier alpha value is -4.01. The second kappa shape index (κ2) is 10.8. The largest absolute Gasteiger partial charge is 0.435 e. The molecule has 0 fully saturated rings. The molecule has 0 radical (unpaired) electrons. The van der Waals surface area contributed by atoms with Gasteiger partial charge in [-0.1, -0.05) is 54.6 Å². The van der Waals surface area contributed by atoms with Crippen LogP contribution >= 0.6 is 0 Å². The van der Waals surface area contributed by atoms with Gasteiger partial charge in [-0.3, -0.25) is 9.48 Å². The Kier molecular flexibility index (Phi) is 7.26. The third kappa shape index (κ3) is 5.61. The Bertz CT molecular complexity index is 1430. The lowest BCUT2D eigenvalue weighted by Gasteiger charge is -2.19. The molecular weight excluding hydrogens is 491 g/mol. The molecule has 1 N–H and O–H groups in total. The maximum absolute atomic E-state index is 13.6. The van der Waals surface area contributed by atoms with Gasteiger partial charge in [-0.25, -0.2) is 9.97 Å². The van der Waals surface area contributed by atoms with Crippen LogP contribution in [0.15, 0.2) is 66.9 Å². The van der Waals surface area contributed by atoms with E-state index in [-0.39, 0.29) is 12.1 Å².